The number of hydrogen-bond donors (Lipinski definition) is 5. The minimum absolute atomic E-state index is 0.0403. The summed E-state index contributed by atoms with van der Waals surface area (Å²) in [6.07, 6.45) is 21.0. The average molecular weight is 797 g/mol. The lowest BCUT2D eigenvalue weighted by Gasteiger charge is -2.44. The van der Waals surface area contributed by atoms with Gasteiger partial charge in [0.05, 0.1) is 29.8 Å². The standard InChI is InChI=1S/C48H72N6O4/c1-35(48(39-27-18-6-4-3-5-7-19-28-39)49-34-40(52-48)31-36-21-12-10-13-22-36)50-45(56)41(32-44(55)54-30-20-29-43(54)37-23-14-11-15-24-37)51-46(57)42-33-47(2,58-53-42)38-25-16-8-9-17-26-38/h10-15,21-24,35,38-43,49,52-53H,3-9,16-20,25-34H2,1-2H3,(H,50,56)(H,51,57)/t35-,40?,41-,42?,43+,47?,48?/m0/s1. The molecule has 10 heteroatoms. The van der Waals surface area contributed by atoms with Gasteiger partial charge in [0.2, 0.25) is 17.7 Å². The Labute approximate surface area is 348 Å². The molecular formula is C48H72N6O4. The highest BCUT2D eigenvalue weighted by atomic mass is 16.7. The third-order valence-corrected chi connectivity index (χ3v) is 14.5. The number of carbonyl (C=O) groups is 3. The van der Waals surface area contributed by atoms with Gasteiger partial charge in [0.25, 0.3) is 0 Å². The van der Waals surface area contributed by atoms with Crippen LogP contribution in [0.5, 0.6) is 0 Å². The van der Waals surface area contributed by atoms with Crippen LogP contribution in [0.15, 0.2) is 60.7 Å². The van der Waals surface area contributed by atoms with E-state index < -0.39 is 23.3 Å². The molecule has 5 aliphatic rings. The Kier molecular flexibility index (Phi) is 15.0. The van der Waals surface area contributed by atoms with Gasteiger partial charge < -0.3 is 15.5 Å². The molecule has 7 atom stereocenters. The molecule has 318 valence electrons. The largest absolute Gasteiger partial charge is 0.349 e. The second-order valence-corrected chi connectivity index (χ2v) is 18.7. The summed E-state index contributed by atoms with van der Waals surface area (Å²) >= 11 is 0. The van der Waals surface area contributed by atoms with E-state index in [4.69, 9.17) is 4.84 Å². The molecule has 5 fully saturated rings. The Balaban J connectivity index is 1.10. The molecule has 4 unspecified atom stereocenters. The number of hydrogen-bond acceptors (Lipinski definition) is 7. The number of rotatable bonds is 12. The lowest BCUT2D eigenvalue weighted by Crippen LogP contribution is -2.69. The van der Waals surface area contributed by atoms with E-state index in [1.54, 1.807) is 0 Å². The van der Waals surface area contributed by atoms with E-state index in [1.165, 1.54) is 76.2 Å². The first-order valence-electron chi connectivity index (χ1n) is 23.2. The van der Waals surface area contributed by atoms with Crippen molar-refractivity contribution in [1.82, 2.24) is 31.6 Å². The van der Waals surface area contributed by atoms with Crippen LogP contribution in [0, 0.1) is 11.8 Å². The first-order chi connectivity index (χ1) is 28.2. The van der Waals surface area contributed by atoms with Gasteiger partial charge in [-0.25, -0.2) is 0 Å². The van der Waals surface area contributed by atoms with Crippen molar-refractivity contribution in [3.8, 4) is 0 Å². The lowest BCUT2D eigenvalue weighted by atomic mass is 9.79. The molecule has 0 spiro atoms. The molecule has 2 aromatic rings. The summed E-state index contributed by atoms with van der Waals surface area (Å²) in [5, 5.41) is 14.6. The van der Waals surface area contributed by atoms with Gasteiger partial charge in [-0.2, -0.15) is 5.48 Å². The van der Waals surface area contributed by atoms with Gasteiger partial charge in [-0.05, 0) is 81.8 Å². The van der Waals surface area contributed by atoms with Crippen molar-refractivity contribution in [2.45, 2.75) is 184 Å². The first kappa shape index (κ1) is 42.8. The summed E-state index contributed by atoms with van der Waals surface area (Å²) in [6.45, 7) is 5.67. The molecule has 7 rings (SSSR count). The maximum absolute atomic E-state index is 14.8. The molecule has 58 heavy (non-hydrogen) atoms. The Hall–Kier alpha value is -3.31. The highest BCUT2D eigenvalue weighted by Gasteiger charge is 2.50. The number of benzene rings is 2. The summed E-state index contributed by atoms with van der Waals surface area (Å²) in [5.74, 6) is -0.0257. The minimum Gasteiger partial charge on any atom is -0.349 e. The fourth-order valence-corrected chi connectivity index (χ4v) is 11.2. The maximum atomic E-state index is 14.8. The fraction of sp³-hybridized carbons (Fsp3) is 0.688. The highest BCUT2D eigenvalue weighted by molar-refractivity contribution is 5.93. The van der Waals surface area contributed by atoms with Crippen molar-refractivity contribution in [3.05, 3.63) is 71.8 Å². The predicted octanol–water partition coefficient (Wildman–Crippen LogP) is 7.39. The zero-order valence-corrected chi connectivity index (χ0v) is 35.5. The lowest BCUT2D eigenvalue weighted by molar-refractivity contribution is -0.138. The van der Waals surface area contributed by atoms with E-state index in [0.29, 0.717) is 24.8 Å². The van der Waals surface area contributed by atoms with Crippen molar-refractivity contribution in [2.24, 2.45) is 11.8 Å². The van der Waals surface area contributed by atoms with Gasteiger partial charge in [-0.3, -0.25) is 29.9 Å². The molecular weight excluding hydrogens is 725 g/mol. The van der Waals surface area contributed by atoms with E-state index in [0.717, 1.165) is 57.1 Å². The third-order valence-electron chi connectivity index (χ3n) is 14.5. The molecule has 2 aliphatic carbocycles. The highest BCUT2D eigenvalue weighted by Crippen LogP contribution is 2.40. The molecule has 0 radical (unpaired) electrons. The Bertz CT molecular complexity index is 1610. The SMILES string of the molecule is C[C@H](NC(=O)[C@H](CC(=O)N1CCC[C@@H]1c1ccccc1)NC(=O)C1CC(C)(C2CCCCCC2)ON1)C1(C2CCCCCCCCC2)NCC(Cc2ccccc2)N1. The summed E-state index contributed by atoms with van der Waals surface area (Å²) < 4.78 is 0. The summed E-state index contributed by atoms with van der Waals surface area (Å²) in [6, 6.07) is 19.0. The van der Waals surface area contributed by atoms with Crippen LogP contribution in [-0.4, -0.2) is 71.1 Å². The number of carbonyl (C=O) groups excluding carboxylic acids is 3. The van der Waals surface area contributed by atoms with Crippen molar-refractivity contribution >= 4 is 17.7 Å². The minimum atomic E-state index is -1.03. The molecule has 3 aliphatic heterocycles. The molecule has 2 aromatic carbocycles. The molecule has 3 heterocycles. The van der Waals surface area contributed by atoms with Gasteiger partial charge >= 0.3 is 0 Å². The van der Waals surface area contributed by atoms with Crippen molar-refractivity contribution < 1.29 is 19.2 Å². The topological polar surface area (TPSA) is 124 Å². The fourth-order valence-electron chi connectivity index (χ4n) is 11.2. The second-order valence-electron chi connectivity index (χ2n) is 18.7. The Morgan fingerprint density at radius 2 is 1.38 bits per heavy atom. The van der Waals surface area contributed by atoms with Crippen LogP contribution < -0.4 is 26.7 Å². The van der Waals surface area contributed by atoms with E-state index in [1.807, 2.05) is 23.1 Å². The van der Waals surface area contributed by atoms with Crippen LogP contribution in [0.4, 0.5) is 0 Å². The molecule has 2 saturated carbocycles. The van der Waals surface area contributed by atoms with Crippen LogP contribution in [0.25, 0.3) is 0 Å². The number of nitrogens with one attached hydrogen (secondary N) is 5. The maximum Gasteiger partial charge on any atom is 0.243 e. The van der Waals surface area contributed by atoms with Crippen LogP contribution in [0.1, 0.15) is 153 Å². The van der Waals surface area contributed by atoms with Gasteiger partial charge in [-0.1, -0.05) is 131 Å². The quantitative estimate of drug-likeness (QED) is 0.142. The first-order valence-corrected chi connectivity index (χ1v) is 23.2. The van der Waals surface area contributed by atoms with Gasteiger partial charge in [0.1, 0.15) is 12.1 Å². The predicted molar refractivity (Wildman–Crippen MR) is 229 cm³/mol. The normalized spacial score (nSPS) is 30.3. The zero-order chi connectivity index (χ0) is 40.4. The number of likely N-dealkylation sites (tertiary alicyclic amines) is 1. The van der Waals surface area contributed by atoms with Crippen molar-refractivity contribution in [3.63, 3.8) is 0 Å². The van der Waals surface area contributed by atoms with E-state index in [9.17, 15) is 14.4 Å². The molecule has 10 nitrogen and oxygen atoms in total. The van der Waals surface area contributed by atoms with Crippen molar-refractivity contribution in [2.75, 3.05) is 13.1 Å². The van der Waals surface area contributed by atoms with Gasteiger partial charge in [-0.15, -0.1) is 0 Å². The van der Waals surface area contributed by atoms with Crippen molar-refractivity contribution in [1.29, 1.82) is 0 Å². The van der Waals surface area contributed by atoms with E-state index in [2.05, 4.69) is 83.1 Å². The number of hydroxylamine groups is 1. The Morgan fingerprint density at radius 1 is 0.776 bits per heavy atom. The average Bonchev–Trinajstić information content (AvgIpc) is 3.95. The zero-order valence-electron chi connectivity index (χ0n) is 35.5. The molecule has 3 saturated heterocycles. The molecule has 0 bridgehead atoms. The number of amides is 3. The smallest absolute Gasteiger partial charge is 0.243 e. The summed E-state index contributed by atoms with van der Waals surface area (Å²) in [4.78, 5) is 51.5. The summed E-state index contributed by atoms with van der Waals surface area (Å²) in [5.41, 5.74) is 4.48. The second kappa shape index (κ2) is 20.3. The monoisotopic (exact) mass is 797 g/mol. The molecule has 0 aromatic heterocycles. The van der Waals surface area contributed by atoms with Gasteiger partial charge in [0.15, 0.2) is 0 Å². The summed E-state index contributed by atoms with van der Waals surface area (Å²) in [7, 11) is 0. The van der Waals surface area contributed by atoms with Gasteiger partial charge in [0, 0.05) is 25.6 Å². The van der Waals surface area contributed by atoms with Crippen LogP contribution in [0.2, 0.25) is 0 Å². The van der Waals surface area contributed by atoms with E-state index in [-0.39, 0.29) is 42.3 Å². The van der Waals surface area contributed by atoms with E-state index >= 15 is 0 Å². The third kappa shape index (κ3) is 10.5. The van der Waals surface area contributed by atoms with Crippen LogP contribution in [-0.2, 0) is 25.6 Å². The Morgan fingerprint density at radius 3 is 2.03 bits per heavy atom. The molecule has 3 amide bonds. The molecule has 5 N–H and O–H groups in total. The number of nitrogens with zero attached hydrogens (tertiary/aromatic N) is 1. The van der Waals surface area contributed by atoms with Crippen LogP contribution in [0.3, 0.4) is 0 Å². The van der Waals surface area contributed by atoms with Crippen LogP contribution >= 0.6 is 0 Å².